The number of hydrogen-bond donors (Lipinski definition) is 3. The van der Waals surface area contributed by atoms with E-state index in [9.17, 15) is 14.3 Å². The molecule has 2 atom stereocenters. The molecule has 0 heterocycles. The van der Waals surface area contributed by atoms with Gasteiger partial charge in [0.1, 0.15) is 5.82 Å². The van der Waals surface area contributed by atoms with Gasteiger partial charge in [0.25, 0.3) is 5.91 Å². The van der Waals surface area contributed by atoms with Crippen LogP contribution in [0.4, 0.5) is 10.1 Å². The molecule has 5 rings (SSSR count). The van der Waals surface area contributed by atoms with Crippen LogP contribution in [0.25, 0.3) is 11.1 Å². The van der Waals surface area contributed by atoms with Gasteiger partial charge in [0.05, 0.1) is 18.0 Å². The van der Waals surface area contributed by atoms with Crippen molar-refractivity contribution in [2.24, 2.45) is 4.99 Å². The van der Waals surface area contributed by atoms with Crippen LogP contribution in [0.1, 0.15) is 45.6 Å². The molecule has 0 aromatic heterocycles. The molecule has 0 aliphatic heterocycles. The number of nitrogens with zero attached hydrogens (tertiary/aromatic N) is 1. The Morgan fingerprint density at radius 2 is 1.62 bits per heavy atom. The lowest BCUT2D eigenvalue weighted by atomic mass is 10.0. The number of amidine groups is 1. The number of aryl methyl sites for hydroxylation is 1. The zero-order valence-corrected chi connectivity index (χ0v) is 22.1. The fraction of sp³-hybridized carbons (Fsp3) is 0.212. The average Bonchev–Trinajstić information content (AvgIpc) is 3.24. The molecular weight excluding hydrogens is 489 g/mol. The molecule has 198 valence electrons. The second-order valence-corrected chi connectivity index (χ2v) is 10.0. The van der Waals surface area contributed by atoms with Crippen LogP contribution in [0.3, 0.4) is 0 Å². The number of fused-ring (bicyclic) bond motifs is 1. The van der Waals surface area contributed by atoms with Gasteiger partial charge in [0.15, 0.2) is 0 Å². The maximum atomic E-state index is 13.1. The Morgan fingerprint density at radius 3 is 2.31 bits per heavy atom. The number of benzene rings is 4. The second kappa shape index (κ2) is 11.6. The molecule has 39 heavy (non-hydrogen) atoms. The minimum absolute atomic E-state index is 0.223. The number of carbonyl (C=O) groups is 1. The molecule has 0 unspecified atom stereocenters. The van der Waals surface area contributed by atoms with Crippen molar-refractivity contribution in [3.05, 3.63) is 125 Å². The Hall–Kier alpha value is -4.29. The number of rotatable bonds is 7. The lowest BCUT2D eigenvalue weighted by molar-refractivity contribution is 0.0858. The van der Waals surface area contributed by atoms with Crippen molar-refractivity contribution in [3.8, 4) is 11.1 Å². The summed E-state index contributed by atoms with van der Waals surface area (Å²) >= 11 is 0. The summed E-state index contributed by atoms with van der Waals surface area (Å²) < 4.78 is 13.1. The number of nitrogens with one attached hydrogen (secondary N) is 2. The van der Waals surface area contributed by atoms with Gasteiger partial charge in [-0.3, -0.25) is 9.79 Å². The summed E-state index contributed by atoms with van der Waals surface area (Å²) in [6.07, 6.45) is 0.504. The molecular formula is C33H32FN3O2. The summed E-state index contributed by atoms with van der Waals surface area (Å²) in [5, 5.41) is 17.1. The minimum Gasteiger partial charge on any atom is -0.390 e. The summed E-state index contributed by atoms with van der Waals surface area (Å²) in [5.74, 6) is 0.288. The zero-order valence-electron chi connectivity index (χ0n) is 22.1. The third kappa shape index (κ3) is 6.41. The van der Waals surface area contributed by atoms with Crippen molar-refractivity contribution < 1.29 is 14.3 Å². The number of hydrogen-bond acceptors (Lipinski definition) is 3. The van der Waals surface area contributed by atoms with E-state index in [1.807, 2.05) is 49.4 Å². The van der Waals surface area contributed by atoms with E-state index in [1.54, 1.807) is 12.1 Å². The fourth-order valence-electron chi connectivity index (χ4n) is 4.91. The third-order valence-electron chi connectivity index (χ3n) is 7.10. The molecule has 5 nitrogen and oxygen atoms in total. The normalized spacial score (nSPS) is 16.6. The van der Waals surface area contributed by atoms with E-state index in [4.69, 9.17) is 0 Å². The zero-order chi connectivity index (χ0) is 27.4. The highest BCUT2D eigenvalue weighted by atomic mass is 19.1. The van der Waals surface area contributed by atoms with Crippen LogP contribution in [-0.4, -0.2) is 29.5 Å². The van der Waals surface area contributed by atoms with Gasteiger partial charge in [0.2, 0.25) is 0 Å². The highest BCUT2D eigenvalue weighted by molar-refractivity contribution is 5.95. The van der Waals surface area contributed by atoms with Gasteiger partial charge in [-0.15, -0.1) is 0 Å². The van der Waals surface area contributed by atoms with E-state index in [-0.39, 0.29) is 11.7 Å². The molecule has 0 fully saturated rings. The van der Waals surface area contributed by atoms with Crippen LogP contribution in [-0.2, 0) is 12.8 Å². The minimum atomic E-state index is -0.698. The molecule has 3 N–H and O–H groups in total. The standard InChI is InChI=1S/C33H32FN3O2/c1-21-3-7-24(8-4-21)25-9-11-26(12-10-25)33(39)37-32-30-20-29(16-13-27(30)19-31(32)38)36-22(2)35-18-17-23-5-14-28(34)15-6-23/h3-16,20,31-32,38H,17-19H2,1-2H3,(H,35,36)(H,37,39)/t31-,32-/m1/s1. The predicted octanol–water partition coefficient (Wildman–Crippen LogP) is 6.26. The lowest BCUT2D eigenvalue weighted by Gasteiger charge is -2.19. The molecule has 0 saturated carbocycles. The van der Waals surface area contributed by atoms with E-state index in [0.29, 0.717) is 18.5 Å². The Kier molecular flexibility index (Phi) is 7.84. The molecule has 0 spiro atoms. The summed E-state index contributed by atoms with van der Waals surface area (Å²) in [5.41, 5.74) is 7.67. The summed E-state index contributed by atoms with van der Waals surface area (Å²) in [6, 6.07) is 27.7. The highest BCUT2D eigenvalue weighted by Crippen LogP contribution is 2.34. The Labute approximate surface area is 228 Å². The smallest absolute Gasteiger partial charge is 0.251 e. The van der Waals surface area contributed by atoms with Crippen LogP contribution in [0, 0.1) is 12.7 Å². The van der Waals surface area contributed by atoms with Crippen LogP contribution < -0.4 is 10.6 Å². The van der Waals surface area contributed by atoms with Crippen molar-refractivity contribution in [2.45, 2.75) is 38.8 Å². The van der Waals surface area contributed by atoms with E-state index >= 15 is 0 Å². The number of aliphatic hydroxyl groups is 1. The van der Waals surface area contributed by atoms with Crippen molar-refractivity contribution >= 4 is 17.4 Å². The van der Waals surface area contributed by atoms with E-state index < -0.39 is 12.1 Å². The van der Waals surface area contributed by atoms with Crippen molar-refractivity contribution in [2.75, 3.05) is 11.9 Å². The molecule has 1 aliphatic rings. The lowest BCUT2D eigenvalue weighted by Crippen LogP contribution is -2.33. The van der Waals surface area contributed by atoms with E-state index in [1.165, 1.54) is 17.7 Å². The van der Waals surface area contributed by atoms with Crippen LogP contribution >= 0.6 is 0 Å². The molecule has 0 radical (unpaired) electrons. The maximum Gasteiger partial charge on any atom is 0.251 e. The predicted molar refractivity (Wildman–Crippen MR) is 155 cm³/mol. The van der Waals surface area contributed by atoms with Gasteiger partial charge in [-0.1, -0.05) is 60.2 Å². The van der Waals surface area contributed by atoms with Crippen molar-refractivity contribution in [1.82, 2.24) is 5.32 Å². The molecule has 0 saturated heterocycles. The Bertz CT molecular complexity index is 1480. The van der Waals surface area contributed by atoms with E-state index in [2.05, 4.69) is 46.8 Å². The molecule has 1 amide bonds. The topological polar surface area (TPSA) is 73.7 Å². The summed E-state index contributed by atoms with van der Waals surface area (Å²) in [4.78, 5) is 17.7. The van der Waals surface area contributed by atoms with Crippen LogP contribution in [0.5, 0.6) is 0 Å². The van der Waals surface area contributed by atoms with E-state index in [0.717, 1.165) is 45.8 Å². The average molecular weight is 522 g/mol. The first kappa shape index (κ1) is 26.3. The van der Waals surface area contributed by atoms with Crippen LogP contribution in [0.15, 0.2) is 96.0 Å². The number of aliphatic hydroxyl groups excluding tert-OH is 1. The fourth-order valence-corrected chi connectivity index (χ4v) is 4.91. The molecule has 6 heteroatoms. The quantitative estimate of drug-likeness (QED) is 0.198. The molecule has 4 aromatic rings. The number of amides is 1. The third-order valence-corrected chi connectivity index (χ3v) is 7.10. The van der Waals surface area contributed by atoms with Gasteiger partial charge < -0.3 is 15.7 Å². The first-order chi connectivity index (χ1) is 18.9. The summed E-state index contributed by atoms with van der Waals surface area (Å²) in [6.45, 7) is 4.53. The first-order valence-electron chi connectivity index (χ1n) is 13.2. The maximum absolute atomic E-state index is 13.1. The van der Waals surface area contributed by atoms with Gasteiger partial charge >= 0.3 is 0 Å². The Morgan fingerprint density at radius 1 is 0.949 bits per heavy atom. The molecule has 4 aromatic carbocycles. The number of halogens is 1. The number of anilines is 1. The summed E-state index contributed by atoms with van der Waals surface area (Å²) in [7, 11) is 0. The monoisotopic (exact) mass is 521 g/mol. The number of carbonyl (C=O) groups excluding carboxylic acids is 1. The largest absolute Gasteiger partial charge is 0.390 e. The highest BCUT2D eigenvalue weighted by Gasteiger charge is 2.32. The van der Waals surface area contributed by atoms with Crippen molar-refractivity contribution in [1.29, 1.82) is 0 Å². The second-order valence-electron chi connectivity index (χ2n) is 10.0. The van der Waals surface area contributed by atoms with Crippen molar-refractivity contribution in [3.63, 3.8) is 0 Å². The van der Waals surface area contributed by atoms with Gasteiger partial charge in [-0.05, 0) is 84.5 Å². The van der Waals surface area contributed by atoms with Crippen LogP contribution in [0.2, 0.25) is 0 Å². The number of aliphatic imine (C=N–C) groups is 1. The van der Waals surface area contributed by atoms with Gasteiger partial charge in [-0.2, -0.15) is 0 Å². The molecule has 1 aliphatic carbocycles. The molecule has 0 bridgehead atoms. The Balaban J connectivity index is 1.23. The SMILES string of the molecule is CC(=NCCc1ccc(F)cc1)Nc1ccc2c(c1)[C@@H](NC(=O)c1ccc(-c3ccc(C)cc3)cc1)[C@H](O)C2. The van der Waals surface area contributed by atoms with Gasteiger partial charge in [0, 0.05) is 24.2 Å². The first-order valence-corrected chi connectivity index (χ1v) is 13.2. The van der Waals surface area contributed by atoms with Gasteiger partial charge in [-0.25, -0.2) is 4.39 Å².